The fourth-order valence-electron chi connectivity index (χ4n) is 2.74. The smallest absolute Gasteiger partial charge is 0.241 e. The van der Waals surface area contributed by atoms with Crippen molar-refractivity contribution in [1.29, 1.82) is 0 Å². The molecule has 0 atom stereocenters. The van der Waals surface area contributed by atoms with Crippen LogP contribution < -0.4 is 0 Å². The molecule has 0 N–H and O–H groups in total. The van der Waals surface area contributed by atoms with Gasteiger partial charge >= 0.3 is 0 Å². The van der Waals surface area contributed by atoms with Crippen molar-refractivity contribution < 1.29 is 4.79 Å². The third-order valence-corrected chi connectivity index (χ3v) is 4.06. The molecule has 0 fully saturated rings. The highest BCUT2D eigenvalue weighted by Crippen LogP contribution is 2.26. The molecular formula is C19H21N3O. The van der Waals surface area contributed by atoms with E-state index in [1.165, 1.54) is 5.56 Å². The summed E-state index contributed by atoms with van der Waals surface area (Å²) in [6.07, 6.45) is 3.90. The quantitative estimate of drug-likeness (QED) is 0.744. The summed E-state index contributed by atoms with van der Waals surface area (Å²) in [7, 11) is 3.55. The Morgan fingerprint density at radius 1 is 1.17 bits per heavy atom. The maximum atomic E-state index is 12.0. The second-order valence-electron chi connectivity index (χ2n) is 6.19. The summed E-state index contributed by atoms with van der Waals surface area (Å²) in [5.74, 6) is 0.0721. The van der Waals surface area contributed by atoms with Crippen molar-refractivity contribution in [3.63, 3.8) is 0 Å². The van der Waals surface area contributed by atoms with Crippen molar-refractivity contribution in [2.45, 2.75) is 20.4 Å². The normalized spacial score (nSPS) is 11.0. The minimum Gasteiger partial charge on any atom is -0.347 e. The molecule has 2 heterocycles. The van der Waals surface area contributed by atoms with Gasteiger partial charge in [0.1, 0.15) is 6.54 Å². The Balaban J connectivity index is 2.09. The highest BCUT2D eigenvalue weighted by Gasteiger charge is 2.12. The van der Waals surface area contributed by atoms with Gasteiger partial charge in [-0.3, -0.25) is 9.78 Å². The Morgan fingerprint density at radius 3 is 2.65 bits per heavy atom. The molecule has 0 unspecified atom stereocenters. The number of rotatable bonds is 3. The SMILES string of the molecule is Cc1cccc(-c2cnc3c(C)cn(CC(=O)N(C)C)c3c2)c1. The van der Waals surface area contributed by atoms with Gasteiger partial charge in [0, 0.05) is 32.1 Å². The lowest BCUT2D eigenvalue weighted by molar-refractivity contribution is -0.129. The maximum absolute atomic E-state index is 12.0. The van der Waals surface area contributed by atoms with Crippen LogP contribution in [-0.2, 0) is 11.3 Å². The second-order valence-corrected chi connectivity index (χ2v) is 6.19. The molecule has 23 heavy (non-hydrogen) atoms. The molecule has 1 aromatic carbocycles. The first kappa shape index (κ1) is 15.3. The number of aromatic nitrogens is 2. The van der Waals surface area contributed by atoms with Crippen molar-refractivity contribution in [2.75, 3.05) is 14.1 Å². The summed E-state index contributed by atoms with van der Waals surface area (Å²) in [5.41, 5.74) is 6.46. The van der Waals surface area contributed by atoms with Gasteiger partial charge in [-0.2, -0.15) is 0 Å². The van der Waals surface area contributed by atoms with Crippen molar-refractivity contribution in [2.24, 2.45) is 0 Å². The van der Waals surface area contributed by atoms with E-state index in [0.717, 1.165) is 27.7 Å². The lowest BCUT2D eigenvalue weighted by Crippen LogP contribution is -2.25. The number of amides is 1. The lowest BCUT2D eigenvalue weighted by atomic mass is 10.0. The van der Waals surface area contributed by atoms with E-state index in [4.69, 9.17) is 0 Å². The number of hydrogen-bond donors (Lipinski definition) is 0. The molecular weight excluding hydrogens is 286 g/mol. The van der Waals surface area contributed by atoms with Crippen molar-refractivity contribution in [3.05, 3.63) is 53.9 Å². The number of likely N-dealkylation sites (N-methyl/N-ethyl adjacent to an activating group) is 1. The Morgan fingerprint density at radius 2 is 1.96 bits per heavy atom. The summed E-state index contributed by atoms with van der Waals surface area (Å²) >= 11 is 0. The highest BCUT2D eigenvalue weighted by atomic mass is 16.2. The molecule has 3 aromatic rings. The molecule has 0 spiro atoms. The molecule has 0 bridgehead atoms. The monoisotopic (exact) mass is 307 g/mol. The van der Waals surface area contributed by atoms with Crippen molar-refractivity contribution >= 4 is 16.9 Å². The molecule has 0 aliphatic carbocycles. The van der Waals surface area contributed by atoms with E-state index >= 15 is 0 Å². The predicted molar refractivity (Wildman–Crippen MR) is 93.3 cm³/mol. The van der Waals surface area contributed by atoms with Crippen LogP contribution >= 0.6 is 0 Å². The number of fused-ring (bicyclic) bond motifs is 1. The van der Waals surface area contributed by atoms with Crippen LogP contribution in [0.15, 0.2) is 42.7 Å². The maximum Gasteiger partial charge on any atom is 0.241 e. The fourth-order valence-corrected chi connectivity index (χ4v) is 2.74. The van der Waals surface area contributed by atoms with Crippen LogP contribution in [0.2, 0.25) is 0 Å². The van der Waals surface area contributed by atoms with Gasteiger partial charge in [0.2, 0.25) is 5.91 Å². The molecule has 0 saturated heterocycles. The van der Waals surface area contributed by atoms with Gasteiger partial charge in [0.25, 0.3) is 0 Å². The Labute approximate surface area is 136 Å². The molecule has 2 aromatic heterocycles. The van der Waals surface area contributed by atoms with Gasteiger partial charge in [-0.1, -0.05) is 29.8 Å². The number of pyridine rings is 1. The summed E-state index contributed by atoms with van der Waals surface area (Å²) in [6.45, 7) is 4.44. The average molecular weight is 307 g/mol. The van der Waals surface area contributed by atoms with E-state index in [9.17, 15) is 4.79 Å². The molecule has 118 valence electrons. The standard InChI is InChI=1S/C19H21N3O/c1-13-6-5-7-15(8-13)16-9-17-19(20-10-16)14(2)11-22(17)12-18(23)21(3)4/h5-11H,12H2,1-4H3. The van der Waals surface area contributed by atoms with E-state index < -0.39 is 0 Å². The van der Waals surface area contributed by atoms with Crippen LogP contribution in [-0.4, -0.2) is 34.5 Å². The number of hydrogen-bond acceptors (Lipinski definition) is 2. The molecule has 4 heteroatoms. The zero-order valence-electron chi connectivity index (χ0n) is 14.0. The van der Waals surface area contributed by atoms with Gasteiger partial charge in [0.15, 0.2) is 0 Å². The van der Waals surface area contributed by atoms with E-state index in [1.54, 1.807) is 19.0 Å². The third-order valence-electron chi connectivity index (χ3n) is 4.06. The highest BCUT2D eigenvalue weighted by molar-refractivity contribution is 5.86. The number of carbonyl (C=O) groups is 1. The topological polar surface area (TPSA) is 38.1 Å². The first-order valence-corrected chi connectivity index (χ1v) is 7.68. The summed E-state index contributed by atoms with van der Waals surface area (Å²) < 4.78 is 1.99. The molecule has 3 rings (SSSR count). The zero-order chi connectivity index (χ0) is 16.6. The Bertz CT molecular complexity index is 877. The van der Waals surface area contributed by atoms with Crippen LogP contribution in [0.5, 0.6) is 0 Å². The van der Waals surface area contributed by atoms with Gasteiger partial charge in [0.05, 0.1) is 11.0 Å². The molecule has 0 saturated carbocycles. The largest absolute Gasteiger partial charge is 0.347 e. The molecule has 0 radical (unpaired) electrons. The number of carbonyl (C=O) groups excluding carboxylic acids is 1. The number of benzene rings is 1. The number of nitrogens with zero attached hydrogens (tertiary/aromatic N) is 3. The predicted octanol–water partition coefficient (Wildman–Crippen LogP) is 3.41. The zero-order valence-corrected chi connectivity index (χ0v) is 14.0. The lowest BCUT2D eigenvalue weighted by Gasteiger charge is -2.12. The minimum absolute atomic E-state index is 0.0721. The minimum atomic E-state index is 0.0721. The van der Waals surface area contributed by atoms with E-state index in [-0.39, 0.29) is 5.91 Å². The van der Waals surface area contributed by atoms with Crippen LogP contribution in [0.1, 0.15) is 11.1 Å². The summed E-state index contributed by atoms with van der Waals surface area (Å²) in [4.78, 5) is 18.3. The van der Waals surface area contributed by atoms with Gasteiger partial charge in [-0.25, -0.2) is 0 Å². The van der Waals surface area contributed by atoms with Crippen molar-refractivity contribution in [1.82, 2.24) is 14.5 Å². The van der Waals surface area contributed by atoms with E-state index in [1.807, 2.05) is 23.9 Å². The summed E-state index contributed by atoms with van der Waals surface area (Å²) in [5, 5.41) is 0. The average Bonchev–Trinajstić information content (AvgIpc) is 2.83. The van der Waals surface area contributed by atoms with Gasteiger partial charge in [-0.05, 0) is 31.0 Å². The van der Waals surface area contributed by atoms with Crippen LogP contribution in [0, 0.1) is 13.8 Å². The van der Waals surface area contributed by atoms with Crippen LogP contribution in [0.25, 0.3) is 22.2 Å². The summed E-state index contributed by atoms with van der Waals surface area (Å²) in [6, 6.07) is 10.5. The van der Waals surface area contributed by atoms with Gasteiger partial charge < -0.3 is 9.47 Å². The first-order chi connectivity index (χ1) is 11.0. The molecule has 4 nitrogen and oxygen atoms in total. The van der Waals surface area contributed by atoms with Crippen molar-refractivity contribution in [3.8, 4) is 11.1 Å². The van der Waals surface area contributed by atoms with Crippen LogP contribution in [0.4, 0.5) is 0 Å². The molecule has 0 aliphatic rings. The molecule has 1 amide bonds. The van der Waals surface area contributed by atoms with E-state index in [2.05, 4.69) is 42.2 Å². The van der Waals surface area contributed by atoms with Gasteiger partial charge in [-0.15, -0.1) is 0 Å². The third kappa shape index (κ3) is 2.97. The fraction of sp³-hybridized carbons (Fsp3) is 0.263. The molecule has 0 aliphatic heterocycles. The Kier molecular flexibility index (Phi) is 3.90. The second kappa shape index (κ2) is 5.88. The van der Waals surface area contributed by atoms with E-state index in [0.29, 0.717) is 6.54 Å². The first-order valence-electron chi connectivity index (χ1n) is 7.68. The van der Waals surface area contributed by atoms with Crippen LogP contribution in [0.3, 0.4) is 0 Å². The Hall–Kier alpha value is -2.62. The number of aryl methyl sites for hydroxylation is 2.